The van der Waals surface area contributed by atoms with Gasteiger partial charge in [-0.3, -0.25) is 0 Å². The maximum absolute atomic E-state index is 5.72. The van der Waals surface area contributed by atoms with E-state index in [4.69, 9.17) is 4.42 Å². The van der Waals surface area contributed by atoms with Crippen molar-refractivity contribution in [3.63, 3.8) is 0 Å². The third kappa shape index (κ3) is 2.77. The lowest BCUT2D eigenvalue weighted by atomic mass is 10.2. The van der Waals surface area contributed by atoms with Gasteiger partial charge < -0.3 is 4.42 Å². The number of hydrogen-bond donors (Lipinski definition) is 0. The molecule has 0 aliphatic heterocycles. The van der Waals surface area contributed by atoms with Gasteiger partial charge in [0.25, 0.3) is 5.89 Å². The first kappa shape index (κ1) is 14.8. The Hall–Kier alpha value is -1.77. The fourth-order valence-electron chi connectivity index (χ4n) is 2.20. The molecule has 4 aromatic rings. The lowest BCUT2D eigenvalue weighted by molar-refractivity contribution is 0.529. The number of fused-ring (bicyclic) bond motifs is 1. The van der Waals surface area contributed by atoms with E-state index in [2.05, 4.69) is 34.0 Å². The SMILES string of the molecule is Cc1sc2ncnc(SCc3nnc(-c4cccs4)o3)c2c1C. The highest BCUT2D eigenvalue weighted by molar-refractivity contribution is 7.98. The van der Waals surface area contributed by atoms with Crippen LogP contribution >= 0.6 is 34.4 Å². The van der Waals surface area contributed by atoms with Crippen molar-refractivity contribution in [2.45, 2.75) is 24.6 Å². The molecule has 5 nitrogen and oxygen atoms in total. The fraction of sp³-hybridized carbons (Fsp3) is 0.200. The van der Waals surface area contributed by atoms with E-state index in [0.717, 1.165) is 20.1 Å². The molecule has 0 bridgehead atoms. The topological polar surface area (TPSA) is 64.7 Å². The highest BCUT2D eigenvalue weighted by Gasteiger charge is 2.14. The van der Waals surface area contributed by atoms with E-state index in [-0.39, 0.29) is 0 Å². The van der Waals surface area contributed by atoms with E-state index in [0.29, 0.717) is 17.5 Å². The van der Waals surface area contributed by atoms with Crippen molar-refractivity contribution in [1.29, 1.82) is 0 Å². The van der Waals surface area contributed by atoms with Gasteiger partial charge in [-0.2, -0.15) is 0 Å². The molecule has 8 heteroatoms. The summed E-state index contributed by atoms with van der Waals surface area (Å²) in [5.74, 6) is 1.78. The average Bonchev–Trinajstić information content (AvgIpc) is 3.27. The Morgan fingerprint density at radius 2 is 2.13 bits per heavy atom. The second-order valence-electron chi connectivity index (χ2n) is 4.91. The van der Waals surface area contributed by atoms with E-state index >= 15 is 0 Å². The van der Waals surface area contributed by atoms with Crippen LogP contribution < -0.4 is 0 Å². The van der Waals surface area contributed by atoms with Crippen LogP contribution in [0.2, 0.25) is 0 Å². The molecule has 0 radical (unpaired) electrons. The first-order chi connectivity index (χ1) is 11.2. The summed E-state index contributed by atoms with van der Waals surface area (Å²) in [6, 6.07) is 3.94. The Balaban J connectivity index is 1.58. The lowest BCUT2D eigenvalue weighted by Gasteiger charge is -2.00. The van der Waals surface area contributed by atoms with E-state index in [1.165, 1.54) is 10.4 Å². The van der Waals surface area contributed by atoms with Crippen molar-refractivity contribution >= 4 is 44.7 Å². The Bertz CT molecular complexity index is 959. The van der Waals surface area contributed by atoms with Gasteiger partial charge in [0.1, 0.15) is 16.2 Å². The van der Waals surface area contributed by atoms with Crippen LogP contribution in [0.3, 0.4) is 0 Å². The zero-order valence-corrected chi connectivity index (χ0v) is 14.9. The van der Waals surface area contributed by atoms with Crippen LogP contribution in [0, 0.1) is 13.8 Å². The van der Waals surface area contributed by atoms with Gasteiger partial charge in [-0.15, -0.1) is 32.9 Å². The minimum absolute atomic E-state index is 0.575. The molecule has 4 aromatic heterocycles. The predicted molar refractivity (Wildman–Crippen MR) is 94.1 cm³/mol. The number of aryl methyl sites for hydroxylation is 2. The summed E-state index contributed by atoms with van der Waals surface area (Å²) in [6.45, 7) is 4.23. The van der Waals surface area contributed by atoms with Gasteiger partial charge in [0.05, 0.1) is 10.6 Å². The zero-order chi connectivity index (χ0) is 15.8. The van der Waals surface area contributed by atoms with Crippen LogP contribution in [0.5, 0.6) is 0 Å². The molecule has 0 amide bonds. The van der Waals surface area contributed by atoms with Gasteiger partial charge in [-0.05, 0) is 30.9 Å². The van der Waals surface area contributed by atoms with Gasteiger partial charge in [0.2, 0.25) is 5.89 Å². The molecule has 0 unspecified atom stereocenters. The van der Waals surface area contributed by atoms with Crippen molar-refractivity contribution in [2.24, 2.45) is 0 Å². The van der Waals surface area contributed by atoms with E-state index in [1.54, 1.807) is 40.8 Å². The Kier molecular flexibility index (Phi) is 3.88. The third-order valence-corrected chi connectivity index (χ3v) is 6.41. The van der Waals surface area contributed by atoms with Crippen LogP contribution in [0.15, 0.2) is 33.3 Å². The molecule has 4 rings (SSSR count). The van der Waals surface area contributed by atoms with Crippen molar-refractivity contribution in [3.05, 3.63) is 40.2 Å². The van der Waals surface area contributed by atoms with Crippen molar-refractivity contribution in [2.75, 3.05) is 0 Å². The number of aromatic nitrogens is 4. The molecule has 116 valence electrons. The Morgan fingerprint density at radius 1 is 1.22 bits per heavy atom. The highest BCUT2D eigenvalue weighted by atomic mass is 32.2. The third-order valence-electron chi connectivity index (χ3n) is 3.46. The summed E-state index contributed by atoms with van der Waals surface area (Å²) in [5, 5.41) is 12.3. The zero-order valence-electron chi connectivity index (χ0n) is 12.4. The molecular weight excluding hydrogens is 348 g/mol. The number of rotatable bonds is 4. The second-order valence-corrected chi connectivity index (χ2v) is 8.02. The van der Waals surface area contributed by atoms with Crippen LogP contribution in [0.1, 0.15) is 16.3 Å². The summed E-state index contributed by atoms with van der Waals surface area (Å²) in [7, 11) is 0. The van der Waals surface area contributed by atoms with Gasteiger partial charge in [0.15, 0.2) is 0 Å². The van der Waals surface area contributed by atoms with E-state index in [9.17, 15) is 0 Å². The van der Waals surface area contributed by atoms with Gasteiger partial charge >= 0.3 is 0 Å². The molecular formula is C15H12N4OS3. The molecule has 4 heterocycles. The summed E-state index contributed by atoms with van der Waals surface area (Å²) in [6.07, 6.45) is 1.62. The van der Waals surface area contributed by atoms with Gasteiger partial charge in [-0.1, -0.05) is 17.8 Å². The number of thioether (sulfide) groups is 1. The number of hydrogen-bond acceptors (Lipinski definition) is 8. The largest absolute Gasteiger partial charge is 0.419 e. The monoisotopic (exact) mass is 360 g/mol. The number of thiophene rings is 2. The molecule has 0 atom stereocenters. The predicted octanol–water partition coefficient (Wildman–Crippen LogP) is 4.71. The van der Waals surface area contributed by atoms with Crippen molar-refractivity contribution in [3.8, 4) is 10.8 Å². The summed E-state index contributed by atoms with van der Waals surface area (Å²) < 4.78 is 5.72. The average molecular weight is 360 g/mol. The van der Waals surface area contributed by atoms with Crippen LogP contribution in [0.25, 0.3) is 21.0 Å². The Morgan fingerprint density at radius 3 is 2.96 bits per heavy atom. The molecule has 0 aliphatic rings. The summed E-state index contributed by atoms with van der Waals surface area (Å²) in [5.41, 5.74) is 1.25. The van der Waals surface area contributed by atoms with Crippen molar-refractivity contribution < 1.29 is 4.42 Å². The molecule has 0 N–H and O–H groups in total. The normalized spacial score (nSPS) is 11.4. The van der Waals surface area contributed by atoms with Gasteiger partial charge in [-0.25, -0.2) is 9.97 Å². The van der Waals surface area contributed by atoms with Crippen LogP contribution in [0.4, 0.5) is 0 Å². The molecule has 0 aliphatic carbocycles. The smallest absolute Gasteiger partial charge is 0.257 e. The standard InChI is InChI=1S/C15H12N4OS3/c1-8-9(2)23-15-12(8)14(16-7-17-15)22-6-11-18-19-13(20-11)10-4-3-5-21-10/h3-5,7H,6H2,1-2H3. The van der Waals surface area contributed by atoms with E-state index < -0.39 is 0 Å². The second kappa shape index (κ2) is 6.03. The number of nitrogens with zero attached hydrogens (tertiary/aromatic N) is 4. The van der Waals surface area contributed by atoms with Crippen LogP contribution in [-0.2, 0) is 5.75 Å². The van der Waals surface area contributed by atoms with E-state index in [1.807, 2.05) is 17.5 Å². The molecule has 0 saturated heterocycles. The highest BCUT2D eigenvalue weighted by Crippen LogP contribution is 2.35. The molecule has 0 fully saturated rings. The molecule has 23 heavy (non-hydrogen) atoms. The molecule has 0 saturated carbocycles. The first-order valence-corrected chi connectivity index (χ1v) is 9.60. The first-order valence-electron chi connectivity index (χ1n) is 6.92. The fourth-order valence-corrected chi connectivity index (χ4v) is 4.80. The minimum atomic E-state index is 0.575. The van der Waals surface area contributed by atoms with Crippen LogP contribution in [-0.4, -0.2) is 20.2 Å². The quantitative estimate of drug-likeness (QED) is 0.388. The minimum Gasteiger partial charge on any atom is -0.419 e. The lowest BCUT2D eigenvalue weighted by Crippen LogP contribution is -1.87. The summed E-state index contributed by atoms with van der Waals surface area (Å²) in [4.78, 5) is 12.1. The molecule has 0 spiro atoms. The maximum atomic E-state index is 5.72. The summed E-state index contributed by atoms with van der Waals surface area (Å²) >= 11 is 4.89. The Labute approximate surface area is 144 Å². The molecule has 0 aromatic carbocycles. The maximum Gasteiger partial charge on any atom is 0.257 e. The van der Waals surface area contributed by atoms with Gasteiger partial charge in [0, 0.05) is 10.3 Å². The van der Waals surface area contributed by atoms with Crippen molar-refractivity contribution in [1.82, 2.24) is 20.2 Å².